The Morgan fingerprint density at radius 3 is 2.31 bits per heavy atom. The fourth-order valence-electron chi connectivity index (χ4n) is 3.25. The van der Waals surface area contributed by atoms with Crippen LogP contribution in [0, 0.1) is 0 Å². The van der Waals surface area contributed by atoms with Gasteiger partial charge in [0.1, 0.15) is 11.5 Å². The van der Waals surface area contributed by atoms with Crippen molar-refractivity contribution in [3.63, 3.8) is 0 Å². The quantitative estimate of drug-likeness (QED) is 0.519. The summed E-state index contributed by atoms with van der Waals surface area (Å²) in [5.74, 6) is 1.16. The Morgan fingerprint density at radius 2 is 1.62 bits per heavy atom. The number of imidazole rings is 1. The van der Waals surface area contributed by atoms with Gasteiger partial charge in [0.2, 0.25) is 5.16 Å². The molecule has 2 aromatic carbocycles. The van der Waals surface area contributed by atoms with Crippen LogP contribution in [0.25, 0.3) is 11.0 Å². The van der Waals surface area contributed by atoms with E-state index in [4.69, 9.17) is 13.7 Å². The van der Waals surface area contributed by atoms with Gasteiger partial charge in [-0.3, -0.25) is 4.18 Å². The van der Waals surface area contributed by atoms with Crippen LogP contribution in [0.4, 0.5) is 0 Å². The molecule has 0 unspecified atom stereocenters. The first-order valence-corrected chi connectivity index (χ1v) is 10.7. The van der Waals surface area contributed by atoms with E-state index < -0.39 is 9.35 Å². The summed E-state index contributed by atoms with van der Waals surface area (Å²) in [7, 11) is 0.138. The molecule has 0 bridgehead atoms. The monoisotopic (exact) mass is 411 g/mol. The van der Waals surface area contributed by atoms with Crippen molar-refractivity contribution in [3.05, 3.63) is 66.9 Å². The zero-order chi connectivity index (χ0) is 20.5. The van der Waals surface area contributed by atoms with Crippen LogP contribution < -0.4 is 9.47 Å². The summed E-state index contributed by atoms with van der Waals surface area (Å²) in [6.45, 7) is 0. The maximum absolute atomic E-state index is 15.1. The SMILES string of the molecule is COc1ccnc(S(=O)(OC)(c2ccccc2)c2nc3cc(OC)ccc3[nH]2)c1. The fraction of sp³-hybridized carbons (Fsp3) is 0.143. The van der Waals surface area contributed by atoms with Crippen molar-refractivity contribution in [2.45, 2.75) is 15.1 Å². The maximum Gasteiger partial charge on any atom is 0.227 e. The summed E-state index contributed by atoms with van der Waals surface area (Å²) in [6.07, 6.45) is 1.54. The van der Waals surface area contributed by atoms with Crippen LogP contribution in [0.3, 0.4) is 0 Å². The molecule has 0 fully saturated rings. The molecule has 4 aromatic rings. The van der Waals surface area contributed by atoms with Crippen molar-refractivity contribution in [1.29, 1.82) is 0 Å². The normalized spacial score (nSPS) is 13.0. The number of ether oxygens (including phenoxy) is 2. The molecule has 7 nitrogen and oxygen atoms in total. The number of hydrogen-bond acceptors (Lipinski definition) is 6. The first-order valence-electron chi connectivity index (χ1n) is 8.86. The van der Waals surface area contributed by atoms with Crippen molar-refractivity contribution in [3.8, 4) is 11.5 Å². The molecule has 1 N–H and O–H groups in total. The molecule has 0 saturated carbocycles. The number of nitrogens with one attached hydrogen (secondary N) is 1. The molecule has 0 aliphatic rings. The molecule has 0 spiro atoms. The van der Waals surface area contributed by atoms with Gasteiger partial charge in [-0.2, -0.15) is 4.21 Å². The number of pyridine rings is 1. The van der Waals surface area contributed by atoms with Crippen LogP contribution in [0.5, 0.6) is 11.5 Å². The number of methoxy groups -OCH3 is 2. The standard InChI is InChI=1S/C21H21N3O4S/c1-26-15-9-10-18-19(13-15)24-21(23-18)29(25,28-3,17-7-5-4-6-8-17)20-14-16(27-2)11-12-22-20/h4-14H,1-3H3,(H,23,24). The molecule has 2 heterocycles. The van der Waals surface area contributed by atoms with Gasteiger partial charge in [0, 0.05) is 18.3 Å². The second kappa shape index (κ2) is 6.98. The van der Waals surface area contributed by atoms with Gasteiger partial charge in [0.15, 0.2) is 5.03 Å². The number of aromatic nitrogens is 3. The van der Waals surface area contributed by atoms with E-state index in [1.807, 2.05) is 12.1 Å². The zero-order valence-electron chi connectivity index (χ0n) is 16.3. The molecule has 150 valence electrons. The molecule has 0 saturated heterocycles. The Bertz CT molecular complexity index is 1240. The predicted octanol–water partition coefficient (Wildman–Crippen LogP) is 3.83. The van der Waals surface area contributed by atoms with Crippen LogP contribution in [0.1, 0.15) is 0 Å². The van der Waals surface area contributed by atoms with Crippen molar-refractivity contribution >= 4 is 20.4 Å². The van der Waals surface area contributed by atoms with E-state index in [1.165, 1.54) is 13.3 Å². The van der Waals surface area contributed by atoms with Gasteiger partial charge in [-0.1, -0.05) is 27.5 Å². The minimum atomic E-state index is -4.39. The van der Waals surface area contributed by atoms with Crippen LogP contribution in [0.2, 0.25) is 0 Å². The summed E-state index contributed by atoms with van der Waals surface area (Å²) in [5, 5.41) is 0.376. The second-order valence-electron chi connectivity index (χ2n) is 6.31. The third kappa shape index (κ3) is 2.80. The molecule has 8 heteroatoms. The highest BCUT2D eigenvalue weighted by atomic mass is 32.3. The van der Waals surface area contributed by atoms with E-state index in [0.717, 1.165) is 0 Å². The highest BCUT2D eigenvalue weighted by Crippen LogP contribution is 2.49. The molecule has 4 rings (SSSR count). The zero-order valence-corrected chi connectivity index (χ0v) is 17.1. The number of aromatic amines is 1. The predicted molar refractivity (Wildman–Crippen MR) is 110 cm³/mol. The molecule has 0 atom stereocenters. The molecule has 0 aliphatic heterocycles. The van der Waals surface area contributed by atoms with E-state index in [9.17, 15) is 0 Å². The lowest BCUT2D eigenvalue weighted by Crippen LogP contribution is -2.37. The molecule has 29 heavy (non-hydrogen) atoms. The first-order chi connectivity index (χ1) is 14.0. The van der Waals surface area contributed by atoms with E-state index in [1.54, 1.807) is 62.8 Å². The fourth-order valence-corrected chi connectivity index (χ4v) is 6.22. The van der Waals surface area contributed by atoms with Gasteiger partial charge >= 0.3 is 0 Å². The van der Waals surface area contributed by atoms with Gasteiger partial charge in [-0.05, 0) is 30.3 Å². The third-order valence-corrected chi connectivity index (χ3v) is 8.47. The van der Waals surface area contributed by atoms with E-state index in [2.05, 4.69) is 15.0 Å². The molecular weight excluding hydrogens is 390 g/mol. The average Bonchev–Trinajstić information content (AvgIpc) is 3.23. The molecule has 0 aliphatic carbocycles. The number of benzene rings is 2. The Hall–Kier alpha value is -3.23. The molecular formula is C21H21N3O4S. The summed E-state index contributed by atoms with van der Waals surface area (Å²) < 4.78 is 31.6. The minimum absolute atomic E-state index is 0.166. The molecule has 2 aromatic heterocycles. The van der Waals surface area contributed by atoms with Crippen molar-refractivity contribution in [1.82, 2.24) is 15.0 Å². The number of hydrogen-bond donors (Lipinski definition) is 1. The summed E-state index contributed by atoms with van der Waals surface area (Å²) >= 11 is 0. The largest absolute Gasteiger partial charge is 0.497 e. The summed E-state index contributed by atoms with van der Waals surface area (Å²) in [5.41, 5.74) is 1.31. The second-order valence-corrected chi connectivity index (χ2v) is 9.67. The topological polar surface area (TPSA) is 86.3 Å². The summed E-state index contributed by atoms with van der Waals surface area (Å²) in [6, 6.07) is 17.6. The lowest BCUT2D eigenvalue weighted by atomic mass is 10.3. The van der Waals surface area contributed by atoms with Crippen molar-refractivity contribution in [2.24, 2.45) is 0 Å². The number of fused-ring (bicyclic) bond motifs is 1. The highest BCUT2D eigenvalue weighted by molar-refractivity contribution is 8.15. The van der Waals surface area contributed by atoms with Gasteiger partial charge < -0.3 is 14.5 Å². The summed E-state index contributed by atoms with van der Waals surface area (Å²) in [4.78, 5) is 12.7. The number of rotatable bonds is 6. The number of nitrogens with zero attached hydrogens (tertiary/aromatic N) is 2. The van der Waals surface area contributed by atoms with Crippen LogP contribution in [-0.4, -0.2) is 40.5 Å². The Balaban J connectivity index is 2.10. The maximum atomic E-state index is 15.1. The van der Waals surface area contributed by atoms with E-state index >= 15 is 4.21 Å². The smallest absolute Gasteiger partial charge is 0.227 e. The van der Waals surface area contributed by atoms with Gasteiger partial charge in [-0.25, -0.2) is 9.97 Å². The lowest BCUT2D eigenvalue weighted by molar-refractivity contribution is 0.392. The molecule has 0 radical (unpaired) electrons. The Labute approximate surface area is 168 Å². The van der Waals surface area contributed by atoms with Crippen molar-refractivity contribution in [2.75, 3.05) is 21.3 Å². The lowest BCUT2D eigenvalue weighted by Gasteiger charge is -2.43. The van der Waals surface area contributed by atoms with Gasteiger partial charge in [-0.15, -0.1) is 0 Å². The average molecular weight is 411 g/mol. The van der Waals surface area contributed by atoms with Crippen LogP contribution in [0.15, 0.2) is 81.9 Å². The number of H-pyrrole nitrogens is 1. The van der Waals surface area contributed by atoms with E-state index in [0.29, 0.717) is 27.4 Å². The molecule has 0 amide bonds. The van der Waals surface area contributed by atoms with Crippen LogP contribution in [-0.2, 0) is 13.5 Å². The Morgan fingerprint density at radius 1 is 0.897 bits per heavy atom. The Kier molecular flexibility index (Phi) is 4.60. The van der Waals surface area contributed by atoms with Gasteiger partial charge in [0.05, 0.1) is 37.3 Å². The minimum Gasteiger partial charge on any atom is -0.497 e. The van der Waals surface area contributed by atoms with Crippen molar-refractivity contribution < 1.29 is 17.9 Å². The first kappa shape index (κ1) is 19.1. The van der Waals surface area contributed by atoms with E-state index in [-0.39, 0.29) is 10.2 Å². The van der Waals surface area contributed by atoms with Gasteiger partial charge in [0.25, 0.3) is 0 Å². The third-order valence-electron chi connectivity index (χ3n) is 4.83. The highest BCUT2D eigenvalue weighted by Gasteiger charge is 2.43. The van der Waals surface area contributed by atoms with Crippen LogP contribution >= 0.6 is 0 Å².